The molecule has 0 saturated heterocycles. The summed E-state index contributed by atoms with van der Waals surface area (Å²) < 4.78 is 6.02. The number of hydrogen-bond donors (Lipinski definition) is 0. The van der Waals surface area contributed by atoms with Gasteiger partial charge in [0.2, 0.25) is 5.69 Å². The maximum atomic E-state index is 11.9. The minimum Gasteiger partial charge on any atom is -0.464 e. The second-order valence-electron chi connectivity index (χ2n) is 3.72. The highest BCUT2D eigenvalue weighted by molar-refractivity contribution is 5.86. The molecule has 0 atom stereocenters. The van der Waals surface area contributed by atoms with Crippen LogP contribution in [0.4, 0.5) is 0 Å². The van der Waals surface area contributed by atoms with Crippen molar-refractivity contribution >= 4 is 5.97 Å². The summed E-state index contributed by atoms with van der Waals surface area (Å²) in [6, 6.07) is 0. The molecular formula is C10H13N3O3. The fraction of sp³-hybridized carbons (Fsp3) is 0.600. The van der Waals surface area contributed by atoms with Crippen molar-refractivity contribution in [3.05, 3.63) is 21.9 Å². The van der Waals surface area contributed by atoms with Gasteiger partial charge < -0.3 is 4.74 Å². The van der Waals surface area contributed by atoms with Crippen molar-refractivity contribution in [3.8, 4) is 0 Å². The Morgan fingerprint density at radius 3 is 2.88 bits per heavy atom. The largest absolute Gasteiger partial charge is 0.464 e. The lowest BCUT2D eigenvalue weighted by atomic mass is 10.2. The lowest BCUT2D eigenvalue weighted by Gasteiger charge is -2.07. The van der Waals surface area contributed by atoms with Crippen LogP contribution < -0.4 is 5.56 Å². The van der Waals surface area contributed by atoms with Crippen LogP contribution in [0.5, 0.6) is 0 Å². The van der Waals surface area contributed by atoms with Gasteiger partial charge in [-0.15, -0.1) is 10.2 Å². The molecule has 1 aromatic heterocycles. The van der Waals surface area contributed by atoms with E-state index in [0.717, 1.165) is 25.7 Å². The predicted molar refractivity (Wildman–Crippen MR) is 55.2 cm³/mol. The summed E-state index contributed by atoms with van der Waals surface area (Å²) in [4.78, 5) is 23.2. The van der Waals surface area contributed by atoms with Gasteiger partial charge in [-0.25, -0.2) is 4.79 Å². The quantitative estimate of drug-likeness (QED) is 0.633. The predicted octanol–water partition coefficient (Wildman–Crippen LogP) is 0.151. The van der Waals surface area contributed by atoms with Gasteiger partial charge in [0.25, 0.3) is 5.56 Å². The van der Waals surface area contributed by atoms with E-state index in [-0.39, 0.29) is 5.69 Å². The Hall–Kier alpha value is -1.72. The number of fused-ring (bicyclic) bond motifs is 1. The SMILES string of the molecule is COC(=O)c1nnc2n(c1=O)CCCCC2. The third kappa shape index (κ3) is 1.82. The summed E-state index contributed by atoms with van der Waals surface area (Å²) in [5.41, 5.74) is -0.619. The average molecular weight is 223 g/mol. The highest BCUT2D eigenvalue weighted by atomic mass is 16.5. The van der Waals surface area contributed by atoms with Crippen molar-refractivity contribution in [2.45, 2.75) is 32.2 Å². The Labute approximate surface area is 92.3 Å². The molecule has 0 N–H and O–H groups in total. The fourth-order valence-corrected chi connectivity index (χ4v) is 1.82. The molecule has 86 valence electrons. The summed E-state index contributed by atoms with van der Waals surface area (Å²) in [5, 5.41) is 7.57. The van der Waals surface area contributed by atoms with E-state index >= 15 is 0 Å². The van der Waals surface area contributed by atoms with Crippen molar-refractivity contribution in [2.75, 3.05) is 7.11 Å². The van der Waals surface area contributed by atoms with Crippen LogP contribution in [0.25, 0.3) is 0 Å². The van der Waals surface area contributed by atoms with E-state index in [1.165, 1.54) is 11.7 Å². The van der Waals surface area contributed by atoms with E-state index in [2.05, 4.69) is 14.9 Å². The van der Waals surface area contributed by atoms with Crippen molar-refractivity contribution in [1.82, 2.24) is 14.8 Å². The van der Waals surface area contributed by atoms with Gasteiger partial charge in [0.1, 0.15) is 5.82 Å². The van der Waals surface area contributed by atoms with E-state index in [1.54, 1.807) is 0 Å². The van der Waals surface area contributed by atoms with Gasteiger partial charge in [-0.1, -0.05) is 6.42 Å². The van der Waals surface area contributed by atoms with Gasteiger partial charge in [-0.05, 0) is 12.8 Å². The van der Waals surface area contributed by atoms with Gasteiger partial charge in [-0.2, -0.15) is 0 Å². The normalized spacial score (nSPS) is 15.1. The van der Waals surface area contributed by atoms with Crippen LogP contribution in [-0.2, 0) is 17.7 Å². The molecule has 6 heteroatoms. The maximum absolute atomic E-state index is 11.9. The molecule has 0 amide bonds. The molecule has 16 heavy (non-hydrogen) atoms. The van der Waals surface area contributed by atoms with E-state index in [1.807, 2.05) is 0 Å². The molecule has 1 aromatic rings. The summed E-state index contributed by atoms with van der Waals surface area (Å²) >= 11 is 0. The number of carbonyl (C=O) groups excluding carboxylic acids is 1. The van der Waals surface area contributed by atoms with Crippen LogP contribution in [0, 0.1) is 0 Å². The molecule has 1 aliphatic heterocycles. The zero-order chi connectivity index (χ0) is 11.5. The Bertz CT molecular complexity index is 467. The summed E-state index contributed by atoms with van der Waals surface area (Å²) in [6.07, 6.45) is 3.74. The molecule has 0 unspecified atom stereocenters. The first kappa shape index (κ1) is 10.8. The number of aryl methyl sites for hydroxylation is 1. The molecule has 2 heterocycles. The van der Waals surface area contributed by atoms with Crippen LogP contribution in [0.1, 0.15) is 35.6 Å². The minimum absolute atomic E-state index is 0.229. The number of methoxy groups -OCH3 is 1. The molecule has 0 bridgehead atoms. The Morgan fingerprint density at radius 2 is 2.12 bits per heavy atom. The number of aromatic nitrogens is 3. The van der Waals surface area contributed by atoms with Crippen LogP contribution in [0.15, 0.2) is 4.79 Å². The topological polar surface area (TPSA) is 74.1 Å². The molecule has 0 saturated carbocycles. The van der Waals surface area contributed by atoms with E-state index in [0.29, 0.717) is 12.4 Å². The molecule has 0 aromatic carbocycles. The summed E-state index contributed by atoms with van der Waals surface area (Å²) in [5.74, 6) is -0.0628. The molecule has 0 spiro atoms. The lowest BCUT2D eigenvalue weighted by molar-refractivity contribution is 0.0589. The molecular weight excluding hydrogens is 210 g/mol. The standard InChI is InChI=1S/C10H13N3O3/c1-16-10(15)8-9(14)13-6-4-2-3-5-7(13)11-12-8/h2-6H2,1H3. The van der Waals surface area contributed by atoms with Crippen molar-refractivity contribution < 1.29 is 9.53 Å². The molecule has 1 aliphatic rings. The molecule has 2 rings (SSSR count). The van der Waals surface area contributed by atoms with Crippen LogP contribution in [-0.4, -0.2) is 27.8 Å². The van der Waals surface area contributed by atoms with E-state index in [4.69, 9.17) is 0 Å². The second-order valence-corrected chi connectivity index (χ2v) is 3.72. The minimum atomic E-state index is -0.725. The Morgan fingerprint density at radius 1 is 1.31 bits per heavy atom. The fourth-order valence-electron chi connectivity index (χ4n) is 1.82. The number of rotatable bonds is 1. The average Bonchev–Trinajstić information content (AvgIpc) is 2.54. The smallest absolute Gasteiger partial charge is 0.364 e. The summed E-state index contributed by atoms with van der Waals surface area (Å²) in [7, 11) is 1.22. The van der Waals surface area contributed by atoms with Gasteiger partial charge in [-0.3, -0.25) is 9.36 Å². The molecule has 0 fully saturated rings. The lowest BCUT2D eigenvalue weighted by Crippen LogP contribution is -2.32. The van der Waals surface area contributed by atoms with E-state index in [9.17, 15) is 9.59 Å². The third-order valence-corrected chi connectivity index (χ3v) is 2.69. The van der Waals surface area contributed by atoms with Gasteiger partial charge in [0.15, 0.2) is 0 Å². The monoisotopic (exact) mass is 223 g/mol. The van der Waals surface area contributed by atoms with Crippen LogP contribution >= 0.6 is 0 Å². The number of hydrogen-bond acceptors (Lipinski definition) is 5. The van der Waals surface area contributed by atoms with Gasteiger partial charge >= 0.3 is 5.97 Å². The highest BCUT2D eigenvalue weighted by Gasteiger charge is 2.19. The molecule has 0 radical (unpaired) electrons. The van der Waals surface area contributed by atoms with Gasteiger partial charge in [0, 0.05) is 13.0 Å². The first-order chi connectivity index (χ1) is 7.74. The number of ether oxygens (including phenoxy) is 1. The van der Waals surface area contributed by atoms with Crippen LogP contribution in [0.2, 0.25) is 0 Å². The van der Waals surface area contributed by atoms with Crippen LogP contribution in [0.3, 0.4) is 0 Å². The third-order valence-electron chi connectivity index (χ3n) is 2.69. The number of esters is 1. The number of carbonyl (C=O) groups is 1. The highest BCUT2D eigenvalue weighted by Crippen LogP contribution is 2.09. The zero-order valence-corrected chi connectivity index (χ0v) is 9.10. The zero-order valence-electron chi connectivity index (χ0n) is 9.10. The van der Waals surface area contributed by atoms with Crippen molar-refractivity contribution in [1.29, 1.82) is 0 Å². The first-order valence-electron chi connectivity index (χ1n) is 5.28. The molecule has 0 aliphatic carbocycles. The van der Waals surface area contributed by atoms with Gasteiger partial charge in [0.05, 0.1) is 7.11 Å². The Balaban J connectivity index is 2.50. The van der Waals surface area contributed by atoms with Crippen molar-refractivity contribution in [3.63, 3.8) is 0 Å². The summed E-state index contributed by atoms with van der Waals surface area (Å²) in [6.45, 7) is 0.605. The second kappa shape index (κ2) is 4.42. The van der Waals surface area contributed by atoms with Crippen molar-refractivity contribution in [2.24, 2.45) is 0 Å². The Kier molecular flexibility index (Phi) is 2.98. The first-order valence-corrected chi connectivity index (χ1v) is 5.28. The number of nitrogens with zero attached hydrogens (tertiary/aromatic N) is 3. The molecule has 6 nitrogen and oxygen atoms in total. The van der Waals surface area contributed by atoms with E-state index < -0.39 is 11.5 Å². The maximum Gasteiger partial charge on any atom is 0.364 e.